The molecule has 0 aliphatic carbocycles. The number of piperidine rings is 1. The smallest absolute Gasteiger partial charge is 0.288 e. The minimum absolute atomic E-state index is 0.381. The molecule has 6 heteroatoms. The standard InChI is InChI=1S/C15H19N3O2S/c1-19-13-7-9-17(10-8-13)11-18-15(21)20-14(16-18)12-5-3-2-4-6-12/h2-6,13H,7-11H2,1H3. The average Bonchev–Trinajstić information content (AvgIpc) is 2.90. The fraction of sp³-hybridized carbons (Fsp3) is 0.467. The van der Waals surface area contributed by atoms with Crippen molar-refractivity contribution in [2.24, 2.45) is 0 Å². The van der Waals surface area contributed by atoms with E-state index in [0.717, 1.165) is 31.5 Å². The zero-order valence-corrected chi connectivity index (χ0v) is 12.9. The zero-order valence-electron chi connectivity index (χ0n) is 12.1. The third-order valence-corrected chi connectivity index (χ3v) is 4.12. The van der Waals surface area contributed by atoms with Crippen molar-refractivity contribution < 1.29 is 9.15 Å². The first-order chi connectivity index (χ1) is 10.3. The molecule has 2 heterocycles. The van der Waals surface area contributed by atoms with E-state index in [1.165, 1.54) is 0 Å². The van der Waals surface area contributed by atoms with Gasteiger partial charge in [-0.15, -0.1) is 5.10 Å². The fourth-order valence-corrected chi connectivity index (χ4v) is 2.75. The van der Waals surface area contributed by atoms with Crippen molar-refractivity contribution in [3.8, 4) is 11.5 Å². The van der Waals surface area contributed by atoms with Crippen molar-refractivity contribution in [2.75, 3.05) is 20.2 Å². The van der Waals surface area contributed by atoms with Gasteiger partial charge in [-0.05, 0) is 37.2 Å². The van der Waals surface area contributed by atoms with Crippen molar-refractivity contribution in [3.63, 3.8) is 0 Å². The molecule has 0 bridgehead atoms. The van der Waals surface area contributed by atoms with Crippen molar-refractivity contribution >= 4 is 12.2 Å². The molecule has 0 saturated carbocycles. The molecule has 0 radical (unpaired) electrons. The normalized spacial score (nSPS) is 17.2. The highest BCUT2D eigenvalue weighted by atomic mass is 32.1. The third-order valence-electron chi connectivity index (χ3n) is 3.83. The number of aromatic nitrogens is 2. The lowest BCUT2D eigenvalue weighted by molar-refractivity contribution is 0.0299. The molecule has 2 aromatic rings. The summed E-state index contributed by atoms with van der Waals surface area (Å²) in [7, 11) is 1.78. The monoisotopic (exact) mass is 305 g/mol. The van der Waals surface area contributed by atoms with Crippen molar-refractivity contribution in [1.29, 1.82) is 0 Å². The summed E-state index contributed by atoms with van der Waals surface area (Å²) in [5, 5.41) is 4.49. The van der Waals surface area contributed by atoms with E-state index in [9.17, 15) is 0 Å². The molecular formula is C15H19N3O2S. The molecule has 0 atom stereocenters. The second-order valence-corrected chi connectivity index (χ2v) is 5.58. The number of ether oxygens (including phenoxy) is 1. The number of nitrogens with zero attached hydrogens (tertiary/aromatic N) is 3. The molecule has 21 heavy (non-hydrogen) atoms. The summed E-state index contributed by atoms with van der Waals surface area (Å²) in [4.78, 5) is 2.74. The number of rotatable bonds is 4. The molecule has 0 unspecified atom stereocenters. The van der Waals surface area contributed by atoms with Gasteiger partial charge < -0.3 is 9.15 Å². The lowest BCUT2D eigenvalue weighted by Gasteiger charge is -2.30. The highest BCUT2D eigenvalue weighted by Crippen LogP contribution is 2.18. The minimum Gasteiger partial charge on any atom is -0.409 e. The summed E-state index contributed by atoms with van der Waals surface area (Å²) in [6.07, 6.45) is 2.48. The highest BCUT2D eigenvalue weighted by Gasteiger charge is 2.19. The second kappa shape index (κ2) is 6.51. The first-order valence-corrected chi connectivity index (χ1v) is 7.55. The van der Waals surface area contributed by atoms with Gasteiger partial charge in [-0.25, -0.2) is 4.68 Å². The maximum absolute atomic E-state index is 5.60. The molecule has 0 N–H and O–H groups in total. The van der Waals surface area contributed by atoms with Gasteiger partial charge in [0.2, 0.25) is 5.89 Å². The Bertz CT molecular complexity index is 630. The second-order valence-electron chi connectivity index (χ2n) is 5.23. The Hall–Kier alpha value is -1.50. The minimum atomic E-state index is 0.381. The highest BCUT2D eigenvalue weighted by molar-refractivity contribution is 7.71. The Morgan fingerprint density at radius 2 is 2.00 bits per heavy atom. The van der Waals surface area contributed by atoms with Crippen LogP contribution in [0.3, 0.4) is 0 Å². The van der Waals surface area contributed by atoms with Gasteiger partial charge in [-0.1, -0.05) is 18.2 Å². The predicted molar refractivity (Wildman–Crippen MR) is 82.4 cm³/mol. The lowest BCUT2D eigenvalue weighted by Crippen LogP contribution is -2.37. The molecule has 1 aliphatic heterocycles. The maximum Gasteiger partial charge on any atom is 0.288 e. The van der Waals surface area contributed by atoms with Crippen molar-refractivity contribution in [3.05, 3.63) is 35.2 Å². The number of hydrogen-bond donors (Lipinski definition) is 0. The molecule has 3 rings (SSSR count). The van der Waals surface area contributed by atoms with Gasteiger partial charge in [0.05, 0.1) is 12.8 Å². The van der Waals surface area contributed by atoms with Crippen LogP contribution in [-0.2, 0) is 11.4 Å². The maximum atomic E-state index is 5.60. The van der Waals surface area contributed by atoms with Crippen LogP contribution >= 0.6 is 12.2 Å². The van der Waals surface area contributed by atoms with E-state index in [1.807, 2.05) is 30.3 Å². The number of hydrogen-bond acceptors (Lipinski definition) is 5. The topological polar surface area (TPSA) is 43.4 Å². The zero-order chi connectivity index (χ0) is 14.7. The summed E-state index contributed by atoms with van der Waals surface area (Å²) in [5.41, 5.74) is 0.945. The van der Waals surface area contributed by atoms with Crippen molar-refractivity contribution in [1.82, 2.24) is 14.7 Å². The van der Waals surface area contributed by atoms with Gasteiger partial charge in [0.15, 0.2) is 0 Å². The number of benzene rings is 1. The first kappa shape index (κ1) is 14.4. The van der Waals surface area contributed by atoms with E-state index < -0.39 is 0 Å². The van der Waals surface area contributed by atoms with Crippen LogP contribution in [0.5, 0.6) is 0 Å². The van der Waals surface area contributed by atoms with E-state index in [-0.39, 0.29) is 0 Å². The largest absolute Gasteiger partial charge is 0.409 e. The van der Waals surface area contributed by atoms with Gasteiger partial charge in [-0.2, -0.15) is 0 Å². The molecule has 112 valence electrons. The van der Waals surface area contributed by atoms with Crippen LogP contribution in [-0.4, -0.2) is 41.0 Å². The van der Waals surface area contributed by atoms with Crippen LogP contribution in [0.15, 0.2) is 34.7 Å². The molecule has 1 aromatic carbocycles. The Balaban J connectivity index is 1.70. The van der Waals surface area contributed by atoms with E-state index in [0.29, 0.717) is 23.5 Å². The van der Waals surface area contributed by atoms with Gasteiger partial charge >= 0.3 is 0 Å². The molecule has 1 saturated heterocycles. The summed E-state index contributed by atoms with van der Waals surface area (Å²) in [6, 6.07) is 9.82. The van der Waals surface area contributed by atoms with E-state index >= 15 is 0 Å². The lowest BCUT2D eigenvalue weighted by atomic mass is 10.1. The molecule has 1 aliphatic rings. The number of likely N-dealkylation sites (tertiary alicyclic amines) is 1. The van der Waals surface area contributed by atoms with E-state index in [2.05, 4.69) is 10.00 Å². The molecular weight excluding hydrogens is 286 g/mol. The summed E-state index contributed by atoms with van der Waals surface area (Å²) in [6.45, 7) is 2.66. The van der Waals surface area contributed by atoms with Gasteiger partial charge in [0.25, 0.3) is 4.84 Å². The van der Waals surface area contributed by atoms with Crippen LogP contribution < -0.4 is 0 Å². The summed E-state index contributed by atoms with van der Waals surface area (Å²) >= 11 is 5.27. The van der Waals surface area contributed by atoms with Crippen LogP contribution in [0.25, 0.3) is 11.5 Å². The molecule has 0 amide bonds. The van der Waals surface area contributed by atoms with Crippen LogP contribution in [0, 0.1) is 4.84 Å². The van der Waals surface area contributed by atoms with Gasteiger partial charge in [0.1, 0.15) is 0 Å². The molecule has 1 aromatic heterocycles. The third kappa shape index (κ3) is 3.40. The molecule has 0 spiro atoms. The van der Waals surface area contributed by atoms with E-state index in [1.54, 1.807) is 11.8 Å². The fourth-order valence-electron chi connectivity index (χ4n) is 2.57. The summed E-state index contributed by atoms with van der Waals surface area (Å²) in [5.74, 6) is 0.576. The average molecular weight is 305 g/mol. The SMILES string of the molecule is COC1CCN(Cn2nc(-c3ccccc3)oc2=S)CC1. The van der Waals surface area contributed by atoms with Crippen LogP contribution in [0.1, 0.15) is 12.8 Å². The van der Waals surface area contributed by atoms with Crippen molar-refractivity contribution in [2.45, 2.75) is 25.6 Å². The molecule has 1 fully saturated rings. The Morgan fingerprint density at radius 1 is 1.29 bits per heavy atom. The van der Waals surface area contributed by atoms with Gasteiger partial charge in [-0.3, -0.25) is 4.90 Å². The first-order valence-electron chi connectivity index (χ1n) is 7.15. The van der Waals surface area contributed by atoms with E-state index in [4.69, 9.17) is 21.4 Å². The van der Waals surface area contributed by atoms with Gasteiger partial charge in [0, 0.05) is 25.8 Å². The van der Waals surface area contributed by atoms with Crippen LogP contribution in [0.4, 0.5) is 0 Å². The molecule has 5 nitrogen and oxygen atoms in total. The Labute approximate surface area is 129 Å². The quantitative estimate of drug-likeness (QED) is 0.813. The summed E-state index contributed by atoms with van der Waals surface area (Å²) < 4.78 is 12.7. The predicted octanol–water partition coefficient (Wildman–Crippen LogP) is 2.94. The Morgan fingerprint density at radius 3 is 2.67 bits per heavy atom. The Kier molecular flexibility index (Phi) is 4.48. The number of methoxy groups -OCH3 is 1. The van der Waals surface area contributed by atoms with Crippen LogP contribution in [0.2, 0.25) is 0 Å².